The average Bonchev–Trinajstić information content (AvgIpc) is 2.94. The van der Waals surface area contributed by atoms with Gasteiger partial charge >= 0.3 is 5.69 Å². The van der Waals surface area contributed by atoms with Gasteiger partial charge < -0.3 is 14.4 Å². The first-order valence-corrected chi connectivity index (χ1v) is 6.97. The Kier molecular flexibility index (Phi) is 2.94. The van der Waals surface area contributed by atoms with Crippen LogP contribution in [0.2, 0.25) is 0 Å². The highest BCUT2D eigenvalue weighted by Crippen LogP contribution is 2.17. The van der Waals surface area contributed by atoms with E-state index in [4.69, 9.17) is 4.42 Å². The molecule has 2 aromatic carbocycles. The monoisotopic (exact) mass is 305 g/mol. The molecular formula is C17H11N3O3. The molecule has 0 radical (unpaired) electrons. The molecule has 6 heteroatoms. The van der Waals surface area contributed by atoms with E-state index in [1.54, 1.807) is 36.4 Å². The van der Waals surface area contributed by atoms with Gasteiger partial charge in [-0.05, 0) is 30.3 Å². The summed E-state index contributed by atoms with van der Waals surface area (Å²) in [5.74, 6) is 0. The Morgan fingerprint density at radius 1 is 1.00 bits per heavy atom. The number of para-hydroxylation sites is 1. The van der Waals surface area contributed by atoms with E-state index in [9.17, 15) is 9.59 Å². The van der Waals surface area contributed by atoms with Crippen LogP contribution in [0.5, 0.6) is 0 Å². The van der Waals surface area contributed by atoms with E-state index in [1.807, 2.05) is 6.07 Å². The zero-order valence-corrected chi connectivity index (χ0v) is 11.9. The molecule has 23 heavy (non-hydrogen) atoms. The second kappa shape index (κ2) is 5.10. The summed E-state index contributed by atoms with van der Waals surface area (Å²) in [5, 5.41) is 0.516. The van der Waals surface area contributed by atoms with E-state index in [2.05, 4.69) is 15.0 Å². The van der Waals surface area contributed by atoms with Crippen molar-refractivity contribution in [1.29, 1.82) is 0 Å². The summed E-state index contributed by atoms with van der Waals surface area (Å²) in [4.78, 5) is 33.2. The predicted molar refractivity (Wildman–Crippen MR) is 88.7 cm³/mol. The Morgan fingerprint density at radius 3 is 2.74 bits per heavy atom. The third kappa shape index (κ3) is 2.36. The first kappa shape index (κ1) is 13.3. The molecule has 0 saturated carbocycles. The number of nitrogens with zero attached hydrogens (tertiary/aromatic N) is 1. The van der Waals surface area contributed by atoms with Gasteiger partial charge in [-0.3, -0.25) is 9.79 Å². The first-order valence-electron chi connectivity index (χ1n) is 6.97. The van der Waals surface area contributed by atoms with Crippen LogP contribution in [0.15, 0.2) is 67.7 Å². The van der Waals surface area contributed by atoms with Crippen molar-refractivity contribution >= 4 is 33.9 Å². The fraction of sp³-hybridized carbons (Fsp3) is 0. The molecule has 0 atom stereocenters. The lowest BCUT2D eigenvalue weighted by molar-refractivity contribution is 0.601. The molecule has 2 aromatic heterocycles. The molecule has 0 saturated heterocycles. The second-order valence-electron chi connectivity index (χ2n) is 5.08. The molecule has 0 unspecified atom stereocenters. The van der Waals surface area contributed by atoms with Gasteiger partial charge in [-0.15, -0.1) is 0 Å². The second-order valence-corrected chi connectivity index (χ2v) is 5.08. The summed E-state index contributed by atoms with van der Waals surface area (Å²) >= 11 is 0. The number of fused-ring (bicyclic) bond motifs is 2. The van der Waals surface area contributed by atoms with Crippen molar-refractivity contribution in [3.8, 4) is 0 Å². The lowest BCUT2D eigenvalue weighted by atomic mass is 10.2. The predicted octanol–water partition coefficient (Wildman–Crippen LogP) is 2.71. The molecule has 0 aliphatic heterocycles. The molecule has 4 aromatic rings. The highest BCUT2D eigenvalue weighted by Gasteiger charge is 2.04. The van der Waals surface area contributed by atoms with Crippen LogP contribution in [0.4, 0.5) is 5.69 Å². The van der Waals surface area contributed by atoms with Crippen LogP contribution >= 0.6 is 0 Å². The molecule has 0 aliphatic rings. The topological polar surface area (TPSA) is 91.2 Å². The van der Waals surface area contributed by atoms with Crippen molar-refractivity contribution in [2.45, 2.75) is 0 Å². The molecule has 0 fully saturated rings. The van der Waals surface area contributed by atoms with Gasteiger partial charge in [0.15, 0.2) is 0 Å². The van der Waals surface area contributed by atoms with Crippen LogP contribution in [0.3, 0.4) is 0 Å². The van der Waals surface area contributed by atoms with Crippen LogP contribution in [-0.4, -0.2) is 16.2 Å². The summed E-state index contributed by atoms with van der Waals surface area (Å²) in [6.07, 6.45) is 2.86. The van der Waals surface area contributed by atoms with Gasteiger partial charge in [0.05, 0.1) is 27.7 Å². The lowest BCUT2D eigenvalue weighted by Crippen LogP contribution is -2.07. The van der Waals surface area contributed by atoms with Gasteiger partial charge in [0, 0.05) is 6.21 Å². The number of aromatic amines is 2. The van der Waals surface area contributed by atoms with Gasteiger partial charge in [-0.1, -0.05) is 12.1 Å². The Morgan fingerprint density at radius 2 is 1.83 bits per heavy atom. The Bertz CT molecular complexity index is 1160. The quantitative estimate of drug-likeness (QED) is 0.558. The zero-order valence-electron chi connectivity index (χ0n) is 11.9. The molecule has 6 nitrogen and oxygen atoms in total. The minimum absolute atomic E-state index is 0.133. The maximum atomic E-state index is 12.4. The summed E-state index contributed by atoms with van der Waals surface area (Å²) in [6, 6.07) is 12.3. The smallest absolute Gasteiger partial charge is 0.323 e. The molecule has 0 amide bonds. The third-order valence-corrected chi connectivity index (χ3v) is 3.56. The number of aliphatic imine (C=N–C) groups is 1. The number of rotatable bonds is 2. The molecule has 2 N–H and O–H groups in total. The van der Waals surface area contributed by atoms with Gasteiger partial charge in [0.25, 0.3) is 0 Å². The molecule has 112 valence electrons. The van der Waals surface area contributed by atoms with E-state index in [0.29, 0.717) is 33.3 Å². The molecule has 2 heterocycles. The van der Waals surface area contributed by atoms with Crippen LogP contribution in [0.1, 0.15) is 5.56 Å². The summed E-state index contributed by atoms with van der Waals surface area (Å²) in [6.45, 7) is 0. The Hall–Kier alpha value is -3.41. The number of H-pyrrole nitrogens is 2. The molecular weight excluding hydrogens is 294 g/mol. The average molecular weight is 305 g/mol. The number of nitrogens with one attached hydrogen (secondary N) is 2. The van der Waals surface area contributed by atoms with E-state index in [1.165, 1.54) is 12.5 Å². The van der Waals surface area contributed by atoms with Crippen molar-refractivity contribution in [3.05, 3.63) is 75.0 Å². The highest BCUT2D eigenvalue weighted by molar-refractivity contribution is 5.88. The van der Waals surface area contributed by atoms with E-state index in [0.717, 1.165) is 0 Å². The van der Waals surface area contributed by atoms with Gasteiger partial charge in [0.1, 0.15) is 11.8 Å². The number of benzene rings is 2. The first-order chi connectivity index (χ1) is 11.2. The molecule has 0 aliphatic carbocycles. The fourth-order valence-corrected chi connectivity index (χ4v) is 2.43. The van der Waals surface area contributed by atoms with E-state index >= 15 is 0 Å². The zero-order chi connectivity index (χ0) is 15.8. The Labute approximate surface area is 129 Å². The van der Waals surface area contributed by atoms with Crippen LogP contribution in [-0.2, 0) is 0 Å². The minimum Gasteiger partial charge on any atom is -0.463 e. The summed E-state index contributed by atoms with van der Waals surface area (Å²) in [7, 11) is 0. The lowest BCUT2D eigenvalue weighted by Gasteiger charge is -1.98. The number of hydrogen-bond donors (Lipinski definition) is 2. The summed E-state index contributed by atoms with van der Waals surface area (Å²) in [5.41, 5.74) is 2.50. The minimum atomic E-state index is -0.267. The summed E-state index contributed by atoms with van der Waals surface area (Å²) < 4.78 is 5.44. The third-order valence-electron chi connectivity index (χ3n) is 3.56. The maximum absolute atomic E-state index is 12.4. The van der Waals surface area contributed by atoms with Crippen LogP contribution in [0, 0.1) is 0 Å². The Balaban J connectivity index is 1.76. The van der Waals surface area contributed by atoms with Crippen molar-refractivity contribution in [3.63, 3.8) is 0 Å². The molecule has 0 spiro atoms. The largest absolute Gasteiger partial charge is 0.463 e. The van der Waals surface area contributed by atoms with Crippen molar-refractivity contribution in [2.24, 2.45) is 4.99 Å². The van der Waals surface area contributed by atoms with Crippen molar-refractivity contribution < 1.29 is 4.42 Å². The number of imidazole rings is 1. The SMILES string of the molecule is O=c1[nH]c2ccc(N=Cc3coc4ccccc4c3=O)cc2[nH]1. The van der Waals surface area contributed by atoms with Gasteiger partial charge in [-0.25, -0.2) is 4.79 Å². The number of aromatic nitrogens is 2. The molecule has 4 rings (SSSR count). The van der Waals surface area contributed by atoms with E-state index < -0.39 is 0 Å². The van der Waals surface area contributed by atoms with Crippen molar-refractivity contribution in [2.75, 3.05) is 0 Å². The standard InChI is InChI=1S/C17H11N3O3/c21-16-10(9-23-15-4-2-1-3-12(15)16)8-18-11-5-6-13-14(7-11)20-17(22)19-13/h1-9H,(H2,19,20,22). The van der Waals surface area contributed by atoms with Gasteiger partial charge in [-0.2, -0.15) is 0 Å². The van der Waals surface area contributed by atoms with E-state index in [-0.39, 0.29) is 11.1 Å². The fourth-order valence-electron chi connectivity index (χ4n) is 2.43. The van der Waals surface area contributed by atoms with Crippen molar-refractivity contribution in [1.82, 2.24) is 9.97 Å². The van der Waals surface area contributed by atoms with Gasteiger partial charge in [0.2, 0.25) is 5.43 Å². The van der Waals surface area contributed by atoms with Crippen LogP contribution < -0.4 is 11.1 Å². The molecule has 0 bridgehead atoms. The highest BCUT2D eigenvalue weighted by atomic mass is 16.3. The maximum Gasteiger partial charge on any atom is 0.323 e. The van der Waals surface area contributed by atoms with Crippen LogP contribution in [0.25, 0.3) is 22.0 Å². The number of hydrogen-bond acceptors (Lipinski definition) is 4. The normalized spacial score (nSPS) is 11.7.